The van der Waals surface area contributed by atoms with Crippen LogP contribution in [0.3, 0.4) is 0 Å². The molecule has 0 rings (SSSR count). The highest BCUT2D eigenvalue weighted by atomic mass is 79.9. The Bertz CT molecular complexity index is 122. The number of hydrogen-bond donors (Lipinski definition) is 2. The molecule has 0 saturated heterocycles. The minimum absolute atomic E-state index is 0.0125. The standard InChI is InChI=1S/C6H11BrO3/c1-6(10,4-7)3-2-5(8)9/h10H,2-4H2,1H3,(H,8,9). The van der Waals surface area contributed by atoms with Gasteiger partial charge in [-0.3, -0.25) is 4.79 Å². The van der Waals surface area contributed by atoms with Crippen molar-refractivity contribution in [3.63, 3.8) is 0 Å². The summed E-state index contributed by atoms with van der Waals surface area (Å²) in [6.07, 6.45) is 0.298. The van der Waals surface area contributed by atoms with Crippen LogP contribution < -0.4 is 0 Å². The van der Waals surface area contributed by atoms with Gasteiger partial charge in [0.1, 0.15) is 0 Å². The first-order chi connectivity index (χ1) is 4.48. The quantitative estimate of drug-likeness (QED) is 0.682. The number of hydrogen-bond acceptors (Lipinski definition) is 2. The summed E-state index contributed by atoms with van der Waals surface area (Å²) in [6.45, 7) is 1.60. The minimum atomic E-state index is -0.890. The first kappa shape index (κ1) is 9.91. The molecule has 0 aromatic heterocycles. The molecule has 60 valence electrons. The number of carbonyl (C=O) groups is 1. The molecule has 0 heterocycles. The first-order valence-electron chi connectivity index (χ1n) is 2.98. The van der Waals surface area contributed by atoms with Gasteiger partial charge in [0.2, 0.25) is 0 Å². The highest BCUT2D eigenvalue weighted by molar-refractivity contribution is 9.09. The van der Waals surface area contributed by atoms with E-state index in [1.54, 1.807) is 6.92 Å². The van der Waals surface area contributed by atoms with Crippen LogP contribution in [0.15, 0.2) is 0 Å². The summed E-state index contributed by atoms with van der Waals surface area (Å²) >= 11 is 3.08. The van der Waals surface area contributed by atoms with Crippen molar-refractivity contribution in [1.82, 2.24) is 0 Å². The molecule has 0 saturated carbocycles. The van der Waals surface area contributed by atoms with Gasteiger partial charge in [-0.15, -0.1) is 0 Å². The Labute approximate surface area is 68.2 Å². The monoisotopic (exact) mass is 210 g/mol. The van der Waals surface area contributed by atoms with Crippen molar-refractivity contribution in [3.8, 4) is 0 Å². The van der Waals surface area contributed by atoms with Gasteiger partial charge in [0.05, 0.1) is 5.60 Å². The van der Waals surface area contributed by atoms with Crippen LogP contribution in [0, 0.1) is 0 Å². The lowest BCUT2D eigenvalue weighted by Gasteiger charge is -2.18. The lowest BCUT2D eigenvalue weighted by molar-refractivity contribution is -0.138. The normalized spacial score (nSPS) is 16.3. The van der Waals surface area contributed by atoms with Crippen LogP contribution in [0.25, 0.3) is 0 Å². The molecular weight excluding hydrogens is 200 g/mol. The molecule has 0 aliphatic heterocycles. The van der Waals surface area contributed by atoms with Crippen molar-refractivity contribution in [2.24, 2.45) is 0 Å². The van der Waals surface area contributed by atoms with Crippen LogP contribution >= 0.6 is 15.9 Å². The second-order valence-electron chi connectivity index (χ2n) is 2.52. The molecule has 0 aliphatic rings. The second-order valence-corrected chi connectivity index (χ2v) is 3.09. The van der Waals surface area contributed by atoms with E-state index in [2.05, 4.69) is 15.9 Å². The summed E-state index contributed by atoms with van der Waals surface area (Å²) < 4.78 is 0. The summed E-state index contributed by atoms with van der Waals surface area (Å²) in [6, 6.07) is 0. The molecule has 0 aromatic carbocycles. The second kappa shape index (κ2) is 3.93. The Hall–Kier alpha value is -0.0900. The van der Waals surface area contributed by atoms with Crippen molar-refractivity contribution in [3.05, 3.63) is 0 Å². The topological polar surface area (TPSA) is 57.5 Å². The summed E-state index contributed by atoms with van der Waals surface area (Å²) in [5.74, 6) is -0.874. The lowest BCUT2D eigenvalue weighted by Crippen LogP contribution is -2.26. The number of rotatable bonds is 4. The van der Waals surface area contributed by atoms with E-state index in [0.717, 1.165) is 0 Å². The zero-order valence-electron chi connectivity index (χ0n) is 5.80. The van der Waals surface area contributed by atoms with Crippen LogP contribution in [0.4, 0.5) is 0 Å². The average molecular weight is 211 g/mol. The van der Waals surface area contributed by atoms with Gasteiger partial charge in [-0.1, -0.05) is 15.9 Å². The van der Waals surface area contributed by atoms with E-state index in [-0.39, 0.29) is 12.8 Å². The minimum Gasteiger partial charge on any atom is -0.481 e. The fourth-order valence-electron chi connectivity index (χ4n) is 0.443. The molecule has 0 radical (unpaired) electrons. The summed E-state index contributed by atoms with van der Waals surface area (Å²) in [7, 11) is 0. The molecule has 1 atom stereocenters. The highest BCUT2D eigenvalue weighted by Gasteiger charge is 2.19. The lowest BCUT2D eigenvalue weighted by atomic mass is 10.0. The number of alkyl halides is 1. The molecule has 0 aliphatic carbocycles. The Balaban J connectivity index is 3.56. The van der Waals surface area contributed by atoms with Crippen LogP contribution in [0.2, 0.25) is 0 Å². The Kier molecular flexibility index (Phi) is 3.89. The van der Waals surface area contributed by atoms with Gasteiger partial charge < -0.3 is 10.2 Å². The zero-order valence-corrected chi connectivity index (χ0v) is 7.39. The molecule has 0 fully saturated rings. The highest BCUT2D eigenvalue weighted by Crippen LogP contribution is 2.14. The maximum atomic E-state index is 10.0. The predicted octanol–water partition coefficient (Wildman–Crippen LogP) is 0.997. The van der Waals surface area contributed by atoms with Crippen molar-refractivity contribution in [2.45, 2.75) is 25.4 Å². The molecule has 0 spiro atoms. The first-order valence-corrected chi connectivity index (χ1v) is 4.10. The molecule has 2 N–H and O–H groups in total. The van der Waals surface area contributed by atoms with E-state index in [1.165, 1.54) is 0 Å². The fraction of sp³-hybridized carbons (Fsp3) is 0.833. The Morgan fingerprint density at radius 1 is 1.70 bits per heavy atom. The zero-order chi connectivity index (χ0) is 8.20. The molecule has 0 bridgehead atoms. The summed E-state index contributed by atoms with van der Waals surface area (Å²) in [5, 5.41) is 17.9. The van der Waals surface area contributed by atoms with E-state index in [4.69, 9.17) is 5.11 Å². The van der Waals surface area contributed by atoms with Crippen LogP contribution in [0.5, 0.6) is 0 Å². The summed E-state index contributed by atoms with van der Waals surface area (Å²) in [4.78, 5) is 10.0. The molecular formula is C6H11BrO3. The van der Waals surface area contributed by atoms with Crippen LogP contribution in [-0.4, -0.2) is 27.1 Å². The van der Waals surface area contributed by atoms with Crippen molar-refractivity contribution in [1.29, 1.82) is 0 Å². The third-order valence-electron chi connectivity index (χ3n) is 1.17. The predicted molar refractivity (Wildman–Crippen MR) is 41.3 cm³/mol. The smallest absolute Gasteiger partial charge is 0.303 e. The van der Waals surface area contributed by atoms with Crippen LogP contribution in [-0.2, 0) is 4.79 Å². The molecule has 0 amide bonds. The van der Waals surface area contributed by atoms with Crippen molar-refractivity contribution < 1.29 is 15.0 Å². The van der Waals surface area contributed by atoms with E-state index < -0.39 is 11.6 Å². The van der Waals surface area contributed by atoms with Gasteiger partial charge in [0, 0.05) is 11.8 Å². The van der Waals surface area contributed by atoms with Crippen molar-refractivity contribution in [2.75, 3.05) is 5.33 Å². The van der Waals surface area contributed by atoms with Gasteiger partial charge in [-0.2, -0.15) is 0 Å². The number of carboxylic acid groups (broad SMARTS) is 1. The third-order valence-corrected chi connectivity index (χ3v) is 2.37. The number of carboxylic acids is 1. The molecule has 4 heteroatoms. The SMILES string of the molecule is CC(O)(CBr)CCC(=O)O. The van der Waals surface area contributed by atoms with Gasteiger partial charge in [0.15, 0.2) is 0 Å². The molecule has 1 unspecified atom stereocenters. The summed E-state index contributed by atoms with van der Waals surface area (Å²) in [5.41, 5.74) is -0.890. The molecule has 3 nitrogen and oxygen atoms in total. The maximum Gasteiger partial charge on any atom is 0.303 e. The van der Waals surface area contributed by atoms with E-state index in [1.807, 2.05) is 0 Å². The fourth-order valence-corrected chi connectivity index (χ4v) is 0.723. The van der Waals surface area contributed by atoms with E-state index in [9.17, 15) is 9.90 Å². The number of aliphatic carboxylic acids is 1. The Morgan fingerprint density at radius 2 is 2.20 bits per heavy atom. The van der Waals surface area contributed by atoms with E-state index in [0.29, 0.717) is 5.33 Å². The van der Waals surface area contributed by atoms with Crippen molar-refractivity contribution >= 4 is 21.9 Å². The van der Waals surface area contributed by atoms with E-state index >= 15 is 0 Å². The van der Waals surface area contributed by atoms with Gasteiger partial charge in [0.25, 0.3) is 0 Å². The molecule has 10 heavy (non-hydrogen) atoms. The Morgan fingerprint density at radius 3 is 2.50 bits per heavy atom. The number of halogens is 1. The number of aliphatic hydroxyl groups is 1. The third kappa shape index (κ3) is 4.76. The van der Waals surface area contributed by atoms with Gasteiger partial charge >= 0.3 is 5.97 Å². The van der Waals surface area contributed by atoms with Gasteiger partial charge in [-0.05, 0) is 13.3 Å². The molecule has 0 aromatic rings. The average Bonchev–Trinajstić information content (AvgIpc) is 1.85. The largest absolute Gasteiger partial charge is 0.481 e. The van der Waals surface area contributed by atoms with Gasteiger partial charge in [-0.25, -0.2) is 0 Å². The van der Waals surface area contributed by atoms with Crippen LogP contribution in [0.1, 0.15) is 19.8 Å². The maximum absolute atomic E-state index is 10.0.